The Kier molecular flexibility index (Phi) is 15.5. The maximum Gasteiger partial charge on any atom is 0.308 e. The average molecular weight is 733 g/mol. The summed E-state index contributed by atoms with van der Waals surface area (Å²) in [5.41, 5.74) is 1.67. The highest BCUT2D eigenvalue weighted by atomic mass is 32.2. The number of ether oxygens (including phenoxy) is 1. The summed E-state index contributed by atoms with van der Waals surface area (Å²) in [5.74, 6) is -1.52. The monoisotopic (exact) mass is 732 g/mol. The minimum atomic E-state index is -3.71. The van der Waals surface area contributed by atoms with E-state index < -0.39 is 63.9 Å². The summed E-state index contributed by atoms with van der Waals surface area (Å²) >= 11 is 0. The van der Waals surface area contributed by atoms with Crippen LogP contribution in [0, 0.1) is 5.82 Å². The van der Waals surface area contributed by atoms with Crippen molar-refractivity contribution < 1.29 is 63.1 Å². The second-order valence-electron chi connectivity index (χ2n) is 12.1. The van der Waals surface area contributed by atoms with Crippen LogP contribution in [-0.4, -0.2) is 135 Å². The van der Waals surface area contributed by atoms with Crippen LogP contribution in [0.3, 0.4) is 0 Å². The molecule has 0 spiro atoms. The lowest BCUT2D eigenvalue weighted by molar-refractivity contribution is -0.527. The van der Waals surface area contributed by atoms with Gasteiger partial charge in [-0.3, -0.25) is 30.5 Å². The lowest BCUT2D eigenvalue weighted by atomic mass is 9.97. The molecule has 0 bridgehead atoms. The minimum absolute atomic E-state index is 0.0513. The third kappa shape index (κ3) is 12.8. The summed E-state index contributed by atoms with van der Waals surface area (Å²) in [6, 6.07) is 5.16. The molecule has 3 rings (SSSR count). The van der Waals surface area contributed by atoms with Crippen LogP contribution in [0.1, 0.15) is 56.7 Å². The van der Waals surface area contributed by atoms with Crippen molar-refractivity contribution in [1.29, 1.82) is 0 Å². The van der Waals surface area contributed by atoms with Crippen LogP contribution < -0.4 is 4.31 Å². The Hall–Kier alpha value is -3.25. The van der Waals surface area contributed by atoms with Gasteiger partial charge in [0.25, 0.3) is 0 Å². The molecule has 0 radical (unpaired) electrons. The number of esters is 1. The van der Waals surface area contributed by atoms with Gasteiger partial charge in [-0.15, -0.1) is 0 Å². The van der Waals surface area contributed by atoms with Crippen LogP contribution in [-0.2, 0) is 29.2 Å². The van der Waals surface area contributed by atoms with Crippen molar-refractivity contribution in [3.8, 4) is 11.3 Å². The highest BCUT2D eigenvalue weighted by Gasteiger charge is 2.30. The minimum Gasteiger partial charge on any atom is -0.464 e. The third-order valence-corrected chi connectivity index (χ3v) is 8.96. The van der Waals surface area contributed by atoms with Crippen molar-refractivity contribution >= 4 is 28.0 Å². The molecule has 2 heterocycles. The zero-order chi connectivity index (χ0) is 37.2. The van der Waals surface area contributed by atoms with Gasteiger partial charge in [-0.05, 0) is 49.6 Å². The summed E-state index contributed by atoms with van der Waals surface area (Å²) in [6.45, 7) is 3.78. The molecule has 4 unspecified atom stereocenters. The summed E-state index contributed by atoms with van der Waals surface area (Å²) in [7, 11) is -2.40. The Morgan fingerprint density at radius 1 is 1.12 bits per heavy atom. The molecule has 50 heavy (non-hydrogen) atoms. The van der Waals surface area contributed by atoms with Crippen LogP contribution >= 0.6 is 0 Å². The van der Waals surface area contributed by atoms with E-state index in [1.165, 1.54) is 43.5 Å². The number of sulfonamides is 1. The molecule has 1 aromatic heterocycles. The molecule has 0 aliphatic carbocycles. The molecule has 280 valence electrons. The van der Waals surface area contributed by atoms with Crippen molar-refractivity contribution in [2.75, 3.05) is 43.9 Å². The fourth-order valence-corrected chi connectivity index (χ4v) is 5.65. The van der Waals surface area contributed by atoms with E-state index in [-0.39, 0.29) is 37.5 Å². The first-order chi connectivity index (χ1) is 23.4. The number of aromatic nitrogens is 2. The SMILES string of the molecule is CC(C)c1nc(N(C)S(C)(=O)=O)nc(-c2ccc(F)cc2)c1/C=C/C(O)CC(O)CC(=O)OCC1CCCN1CC(CON(O)O)ON(O)O. The molecule has 1 saturated heterocycles. The maximum atomic E-state index is 13.7. The Morgan fingerprint density at radius 3 is 2.40 bits per heavy atom. The van der Waals surface area contributed by atoms with Crippen LogP contribution in [0.15, 0.2) is 30.3 Å². The largest absolute Gasteiger partial charge is 0.464 e. The van der Waals surface area contributed by atoms with E-state index in [1.54, 1.807) is 0 Å². The van der Waals surface area contributed by atoms with Gasteiger partial charge in [0.05, 0.1) is 47.1 Å². The molecule has 20 heteroatoms. The van der Waals surface area contributed by atoms with Gasteiger partial charge < -0.3 is 14.9 Å². The van der Waals surface area contributed by atoms with Crippen molar-refractivity contribution in [2.45, 2.75) is 69.8 Å². The topological polar surface area (TPSA) is 239 Å². The highest BCUT2D eigenvalue weighted by molar-refractivity contribution is 7.92. The van der Waals surface area contributed by atoms with Crippen molar-refractivity contribution in [3.63, 3.8) is 0 Å². The number of benzene rings is 1. The Bertz CT molecular complexity index is 1530. The zero-order valence-electron chi connectivity index (χ0n) is 28.1. The lowest BCUT2D eigenvalue weighted by Crippen LogP contribution is -2.44. The van der Waals surface area contributed by atoms with Crippen molar-refractivity contribution in [2.24, 2.45) is 0 Å². The Labute approximate surface area is 288 Å². The van der Waals surface area contributed by atoms with Gasteiger partial charge in [0, 0.05) is 37.2 Å². The van der Waals surface area contributed by atoms with Crippen LogP contribution in [0.5, 0.6) is 0 Å². The fourth-order valence-electron chi connectivity index (χ4n) is 5.27. The van der Waals surface area contributed by atoms with E-state index >= 15 is 0 Å². The molecule has 0 amide bonds. The molecular weight excluding hydrogens is 687 g/mol. The second kappa shape index (κ2) is 18.8. The number of aliphatic hydroxyl groups is 2. The smallest absolute Gasteiger partial charge is 0.308 e. The number of carbonyl (C=O) groups excluding carboxylic acids is 1. The van der Waals surface area contributed by atoms with Gasteiger partial charge in [-0.25, -0.2) is 36.8 Å². The molecular formula is C30H45FN6O12S. The van der Waals surface area contributed by atoms with Gasteiger partial charge in [0.15, 0.2) is 0 Å². The molecule has 2 aromatic rings. The predicted molar refractivity (Wildman–Crippen MR) is 172 cm³/mol. The van der Waals surface area contributed by atoms with E-state index in [1.807, 2.05) is 18.7 Å². The summed E-state index contributed by atoms with van der Waals surface area (Å²) in [4.78, 5) is 32.6. The standard InChI is InChI=1S/C30H45FN6O12S/c1-19(2)28-26(29(20-7-9-21(31)10-8-20)33-30(32-28)34(3)50(4,45)46)12-11-23(38)14-24(39)15-27(40)47-17-22-6-5-13-35(22)16-25(49-37(43)44)18-48-36(41)42/h7-12,19,22-25,38-39,41-44H,5-6,13-18H2,1-4H3/b12-11+. The number of likely N-dealkylation sites (tertiary alicyclic amines) is 1. The van der Waals surface area contributed by atoms with Gasteiger partial charge >= 0.3 is 5.97 Å². The number of halogens is 1. The van der Waals surface area contributed by atoms with Crippen LogP contribution in [0.4, 0.5) is 10.3 Å². The maximum absolute atomic E-state index is 13.7. The number of rotatable bonds is 19. The Morgan fingerprint density at radius 2 is 1.80 bits per heavy atom. The van der Waals surface area contributed by atoms with E-state index in [2.05, 4.69) is 14.8 Å². The van der Waals surface area contributed by atoms with Gasteiger partial charge in [-0.2, -0.15) is 0 Å². The molecule has 18 nitrogen and oxygen atoms in total. The van der Waals surface area contributed by atoms with Crippen molar-refractivity contribution in [1.82, 2.24) is 25.6 Å². The van der Waals surface area contributed by atoms with Gasteiger partial charge in [-0.1, -0.05) is 26.0 Å². The number of anilines is 1. The quantitative estimate of drug-likeness (QED) is 0.0890. The van der Waals surface area contributed by atoms with Gasteiger partial charge in [0.1, 0.15) is 25.1 Å². The first-order valence-corrected chi connectivity index (χ1v) is 17.5. The number of hydrogen-bond donors (Lipinski definition) is 6. The van der Waals surface area contributed by atoms with Crippen LogP contribution in [0.25, 0.3) is 17.3 Å². The second-order valence-corrected chi connectivity index (χ2v) is 14.1. The normalized spacial score (nSPS) is 17.6. The molecule has 1 aromatic carbocycles. The zero-order valence-corrected chi connectivity index (χ0v) is 28.9. The average Bonchev–Trinajstić information content (AvgIpc) is 3.47. The number of hydrogen-bond acceptors (Lipinski definition) is 17. The van der Waals surface area contributed by atoms with Crippen LogP contribution in [0.2, 0.25) is 0 Å². The van der Waals surface area contributed by atoms with Crippen molar-refractivity contribution in [3.05, 3.63) is 47.4 Å². The molecule has 0 saturated carbocycles. The molecule has 1 fully saturated rings. The van der Waals surface area contributed by atoms with E-state index in [9.17, 15) is 27.8 Å². The van der Waals surface area contributed by atoms with E-state index in [0.29, 0.717) is 35.5 Å². The first kappa shape index (κ1) is 41.2. The molecule has 1 aliphatic rings. The molecule has 4 atom stereocenters. The summed E-state index contributed by atoms with van der Waals surface area (Å²) < 4.78 is 44.6. The van der Waals surface area contributed by atoms with Gasteiger partial charge in [0.2, 0.25) is 16.0 Å². The summed E-state index contributed by atoms with van der Waals surface area (Å²) in [6.07, 6.45) is 1.10. The first-order valence-electron chi connectivity index (χ1n) is 15.7. The summed E-state index contributed by atoms with van der Waals surface area (Å²) in [5, 5.41) is 55.8. The van der Waals surface area contributed by atoms with E-state index in [0.717, 1.165) is 17.0 Å². The molecule has 6 N–H and O–H groups in total. The third-order valence-electron chi connectivity index (χ3n) is 7.80. The van der Waals surface area contributed by atoms with E-state index in [4.69, 9.17) is 30.4 Å². The Balaban J connectivity index is 1.66. The molecule has 1 aliphatic heterocycles. The lowest BCUT2D eigenvalue weighted by Gasteiger charge is -2.28. The number of nitrogens with zero attached hydrogens (tertiary/aromatic N) is 6. The number of carbonyl (C=O) groups is 1. The number of aliphatic hydroxyl groups excluding tert-OH is 2. The predicted octanol–water partition coefficient (Wildman–Crippen LogP) is 1.72. The highest BCUT2D eigenvalue weighted by Crippen LogP contribution is 2.32. The fraction of sp³-hybridized carbons (Fsp3) is 0.567.